The average Bonchev–Trinajstić information content (AvgIpc) is 2.57. The largest absolute Gasteiger partial charge is 0.465 e. The molecule has 1 atom stereocenters. The van der Waals surface area contributed by atoms with Crippen LogP contribution in [0.15, 0.2) is 41.3 Å². The third kappa shape index (κ3) is 4.63. The highest BCUT2D eigenvalue weighted by Gasteiger charge is 2.20. The van der Waals surface area contributed by atoms with E-state index in [1.54, 1.807) is 12.1 Å². The zero-order valence-electron chi connectivity index (χ0n) is 15.2. The molecule has 4 nitrogen and oxygen atoms in total. The SMILES string of the molecule is COC(=O)c1ccccc1S[C@@H](C)C(=O)Nc1c(C)cc(C)cc1C. The number of carbonyl (C=O) groups excluding carboxylic acids is 2. The molecular weight excluding hydrogens is 334 g/mol. The Morgan fingerprint density at radius 2 is 1.68 bits per heavy atom. The normalized spacial score (nSPS) is 11.7. The molecule has 132 valence electrons. The summed E-state index contributed by atoms with van der Waals surface area (Å²) in [6, 6.07) is 11.2. The van der Waals surface area contributed by atoms with Crippen LogP contribution in [0.25, 0.3) is 0 Å². The molecule has 0 fully saturated rings. The molecule has 0 radical (unpaired) electrons. The minimum Gasteiger partial charge on any atom is -0.465 e. The van der Waals surface area contributed by atoms with Gasteiger partial charge in [0, 0.05) is 10.6 Å². The van der Waals surface area contributed by atoms with Crippen LogP contribution in [0, 0.1) is 20.8 Å². The van der Waals surface area contributed by atoms with Crippen LogP contribution in [0.1, 0.15) is 34.0 Å². The van der Waals surface area contributed by atoms with Gasteiger partial charge in [-0.3, -0.25) is 4.79 Å². The molecule has 0 aromatic heterocycles. The van der Waals surface area contributed by atoms with Gasteiger partial charge in [0.15, 0.2) is 0 Å². The number of carbonyl (C=O) groups is 2. The van der Waals surface area contributed by atoms with E-state index < -0.39 is 5.97 Å². The molecule has 25 heavy (non-hydrogen) atoms. The highest BCUT2D eigenvalue weighted by atomic mass is 32.2. The fraction of sp³-hybridized carbons (Fsp3) is 0.300. The number of methoxy groups -OCH3 is 1. The lowest BCUT2D eigenvalue weighted by Crippen LogP contribution is -2.23. The van der Waals surface area contributed by atoms with Crippen molar-refractivity contribution in [1.29, 1.82) is 0 Å². The van der Waals surface area contributed by atoms with Crippen LogP contribution in [0.3, 0.4) is 0 Å². The Morgan fingerprint density at radius 1 is 1.08 bits per heavy atom. The van der Waals surface area contributed by atoms with Gasteiger partial charge < -0.3 is 10.1 Å². The van der Waals surface area contributed by atoms with E-state index in [-0.39, 0.29) is 11.2 Å². The second kappa shape index (κ2) is 8.21. The Balaban J connectivity index is 2.16. The second-order valence-corrected chi connectivity index (χ2v) is 7.39. The predicted molar refractivity (Wildman–Crippen MR) is 102 cm³/mol. The first-order valence-corrected chi connectivity index (χ1v) is 8.94. The molecule has 2 aromatic carbocycles. The number of anilines is 1. The minimum atomic E-state index is -0.402. The highest BCUT2D eigenvalue weighted by Crippen LogP contribution is 2.29. The zero-order valence-corrected chi connectivity index (χ0v) is 16.0. The van der Waals surface area contributed by atoms with Crippen molar-refractivity contribution in [2.24, 2.45) is 0 Å². The lowest BCUT2D eigenvalue weighted by Gasteiger charge is -2.17. The fourth-order valence-corrected chi connectivity index (χ4v) is 3.68. The van der Waals surface area contributed by atoms with Crippen LogP contribution in [0.2, 0.25) is 0 Å². The molecule has 1 N–H and O–H groups in total. The highest BCUT2D eigenvalue weighted by molar-refractivity contribution is 8.00. The molecule has 0 spiro atoms. The number of aryl methyl sites for hydroxylation is 3. The van der Waals surface area contributed by atoms with Crippen LogP contribution >= 0.6 is 11.8 Å². The van der Waals surface area contributed by atoms with Gasteiger partial charge in [-0.2, -0.15) is 0 Å². The van der Waals surface area contributed by atoms with Gasteiger partial charge in [-0.25, -0.2) is 4.79 Å². The second-order valence-electron chi connectivity index (χ2n) is 6.01. The molecule has 1 amide bonds. The molecule has 0 aliphatic heterocycles. The van der Waals surface area contributed by atoms with E-state index in [9.17, 15) is 9.59 Å². The summed E-state index contributed by atoms with van der Waals surface area (Å²) in [7, 11) is 1.35. The monoisotopic (exact) mass is 357 g/mol. The Morgan fingerprint density at radius 3 is 2.28 bits per heavy atom. The quantitative estimate of drug-likeness (QED) is 0.631. The van der Waals surface area contributed by atoms with Gasteiger partial charge in [-0.15, -0.1) is 11.8 Å². The minimum absolute atomic E-state index is 0.0975. The van der Waals surface area contributed by atoms with Crippen molar-refractivity contribution in [1.82, 2.24) is 0 Å². The van der Waals surface area contributed by atoms with Crippen molar-refractivity contribution in [2.75, 3.05) is 12.4 Å². The molecule has 2 rings (SSSR count). The van der Waals surface area contributed by atoms with Crippen molar-refractivity contribution in [3.63, 3.8) is 0 Å². The average molecular weight is 357 g/mol. The lowest BCUT2D eigenvalue weighted by atomic mass is 10.1. The van der Waals surface area contributed by atoms with Gasteiger partial charge in [0.25, 0.3) is 0 Å². The number of benzene rings is 2. The Kier molecular flexibility index (Phi) is 6.26. The number of amides is 1. The molecule has 0 unspecified atom stereocenters. The number of esters is 1. The summed E-state index contributed by atoms with van der Waals surface area (Å²) in [6.07, 6.45) is 0. The maximum Gasteiger partial charge on any atom is 0.338 e. The number of nitrogens with one attached hydrogen (secondary N) is 1. The van der Waals surface area contributed by atoms with Gasteiger partial charge in [-0.05, 0) is 51.0 Å². The summed E-state index contributed by atoms with van der Waals surface area (Å²) in [4.78, 5) is 25.2. The number of rotatable bonds is 5. The van der Waals surface area contributed by atoms with E-state index in [4.69, 9.17) is 4.74 Å². The van der Waals surface area contributed by atoms with Crippen molar-refractivity contribution in [3.8, 4) is 0 Å². The zero-order chi connectivity index (χ0) is 18.6. The number of ether oxygens (including phenoxy) is 1. The first-order valence-electron chi connectivity index (χ1n) is 8.06. The van der Waals surface area contributed by atoms with Gasteiger partial charge in [0.05, 0.1) is 17.9 Å². The topological polar surface area (TPSA) is 55.4 Å². The van der Waals surface area contributed by atoms with E-state index in [1.165, 1.54) is 24.4 Å². The smallest absolute Gasteiger partial charge is 0.338 e. The van der Waals surface area contributed by atoms with Crippen LogP contribution < -0.4 is 5.32 Å². The molecule has 0 aliphatic carbocycles. The lowest BCUT2D eigenvalue weighted by molar-refractivity contribution is -0.115. The first-order chi connectivity index (χ1) is 11.8. The third-order valence-electron chi connectivity index (χ3n) is 3.89. The van der Waals surface area contributed by atoms with E-state index in [2.05, 4.69) is 5.32 Å². The van der Waals surface area contributed by atoms with Crippen molar-refractivity contribution in [2.45, 2.75) is 37.8 Å². The molecule has 0 saturated heterocycles. The third-order valence-corrected chi connectivity index (χ3v) is 5.07. The van der Waals surface area contributed by atoms with Crippen LogP contribution in [-0.4, -0.2) is 24.2 Å². The first kappa shape index (κ1) is 19.1. The van der Waals surface area contributed by atoms with Crippen LogP contribution in [0.5, 0.6) is 0 Å². The molecule has 5 heteroatoms. The Labute approximate surface area is 153 Å². The molecule has 0 heterocycles. The predicted octanol–water partition coefficient (Wildman–Crippen LogP) is 4.52. The molecule has 0 aliphatic rings. The number of hydrogen-bond acceptors (Lipinski definition) is 4. The summed E-state index contributed by atoms with van der Waals surface area (Å²) >= 11 is 1.34. The van der Waals surface area contributed by atoms with Gasteiger partial charge in [-0.1, -0.05) is 29.8 Å². The maximum absolute atomic E-state index is 12.6. The Hall–Kier alpha value is -2.27. The summed E-state index contributed by atoms with van der Waals surface area (Å²) < 4.78 is 4.80. The standard InChI is InChI=1S/C20H23NO3S/c1-12-10-13(2)18(14(3)11-12)21-19(22)15(4)25-17-9-7-6-8-16(17)20(23)24-5/h6-11,15H,1-5H3,(H,21,22)/t15-/m0/s1. The Bertz CT molecular complexity index is 778. The van der Waals surface area contributed by atoms with E-state index in [1.807, 2.05) is 52.0 Å². The molecule has 0 saturated carbocycles. The fourth-order valence-electron chi connectivity index (χ4n) is 2.69. The summed E-state index contributed by atoms with van der Waals surface area (Å²) in [6.45, 7) is 7.83. The van der Waals surface area contributed by atoms with E-state index >= 15 is 0 Å². The summed E-state index contributed by atoms with van der Waals surface area (Å²) in [5, 5.41) is 2.66. The van der Waals surface area contributed by atoms with Crippen molar-refractivity contribution in [3.05, 3.63) is 58.7 Å². The van der Waals surface area contributed by atoms with E-state index in [0.717, 1.165) is 21.7 Å². The number of hydrogen-bond donors (Lipinski definition) is 1. The number of thioether (sulfide) groups is 1. The molecular formula is C20H23NO3S. The van der Waals surface area contributed by atoms with Crippen LogP contribution in [0.4, 0.5) is 5.69 Å². The maximum atomic E-state index is 12.6. The summed E-state index contributed by atoms with van der Waals surface area (Å²) in [5.41, 5.74) is 4.57. The van der Waals surface area contributed by atoms with Gasteiger partial charge in [0.2, 0.25) is 5.91 Å². The van der Waals surface area contributed by atoms with Crippen LogP contribution in [-0.2, 0) is 9.53 Å². The van der Waals surface area contributed by atoms with Gasteiger partial charge in [0.1, 0.15) is 0 Å². The summed E-state index contributed by atoms with van der Waals surface area (Å²) in [5.74, 6) is -0.499. The molecule has 2 aromatic rings. The van der Waals surface area contributed by atoms with Crippen molar-refractivity contribution >= 4 is 29.3 Å². The van der Waals surface area contributed by atoms with Gasteiger partial charge >= 0.3 is 5.97 Å². The van der Waals surface area contributed by atoms with E-state index in [0.29, 0.717) is 5.56 Å². The molecule has 0 bridgehead atoms. The van der Waals surface area contributed by atoms with Crippen molar-refractivity contribution < 1.29 is 14.3 Å².